The Balaban J connectivity index is 0.000000232. The standard InChI is InChI=1S/C31H34BN9O10P2.C26H38N5O4PSi.C12H15N4O6P.2C2H6.CH4.B/c1-15-20(49-31(24(15)50-52(45)46)41-14-36-22-27(41)37-17(3)38-29(22)44)11-47-53(4,32)51-23-16(2)30(48-19(23)10-42)40-13-35-21-25(33-12-34-26(21)40)39-28(43)18-8-6-5-7-9-18;1-9-18-20(34-36(5)6)21(35-37(7,8)26(2,3)4)25(33-18)31-16-29-19-22(27-15-28-23(19)31)30-24(32)17-13-11-10-12-14-17;1-5-7(3-17)21-12(9(5)22-23(19)20)16-4-13-8-10(16)14-6(2)15-11(8)18;2*1-2;;/h5-9,12-16,19-20,23-24,30-31,42H,10-11H2,1-4H3,(H-2,33,34,37,38,39,43,44,45,46);10-16,18,20-21,25H,9H2,1-8H3,(H,27,28,30,32);4-5,7,9,12,17H,3H2,1-2H3,(H-,14,15,18,19,20);2*1-2H3;1H4;/q-1;;;;;;/p+3/t15-,16-,19+,20+,23?,24?,30+,31+,53?;18-,20+,21?,25-;5-,7+,9?,12+;;;;/m010..../s1. The Hall–Kier alpha value is -7.97. The van der Waals surface area contributed by atoms with Crippen LogP contribution in [0.1, 0.15) is 147 Å². The van der Waals surface area contributed by atoms with Crippen LogP contribution >= 0.6 is 32.3 Å². The van der Waals surface area contributed by atoms with Crippen LogP contribution in [0.2, 0.25) is 18.1 Å². The fourth-order valence-corrected chi connectivity index (χ4v) is 17.9. The number of ether oxygens (including phenoxy) is 4. The van der Waals surface area contributed by atoms with Gasteiger partial charge in [0, 0.05) is 62.2 Å². The number of nitrogens with one attached hydrogen (secondary N) is 4. The summed E-state index contributed by atoms with van der Waals surface area (Å²) >= 11 is 0. The van der Waals surface area contributed by atoms with Crippen molar-refractivity contribution < 1.29 is 84.7 Å². The Morgan fingerprint density at radius 3 is 1.40 bits per heavy atom. The number of aromatic nitrogens is 16. The predicted octanol–water partition coefficient (Wildman–Crippen LogP) is 10.7. The van der Waals surface area contributed by atoms with Crippen LogP contribution < -0.4 is 21.8 Å². The number of benzene rings is 2. The maximum atomic E-state index is 12.8. The first kappa shape index (κ1) is 96.5. The van der Waals surface area contributed by atoms with Gasteiger partial charge in [-0.05, 0) is 76.0 Å². The van der Waals surface area contributed by atoms with Gasteiger partial charge >= 0.3 is 16.5 Å². The highest BCUT2D eigenvalue weighted by Gasteiger charge is 2.54. The second-order valence-corrected chi connectivity index (χ2v) is 39.7. The van der Waals surface area contributed by atoms with Gasteiger partial charge < -0.3 is 58.7 Å². The molecule has 14 rings (SSSR count). The Morgan fingerprint density at radius 1 is 0.588 bits per heavy atom. The summed E-state index contributed by atoms with van der Waals surface area (Å²) in [5.41, 5.74) is 2.66. The van der Waals surface area contributed by atoms with E-state index in [4.69, 9.17) is 58.5 Å². The molecule has 0 bridgehead atoms. The molecule has 45 heteroatoms. The first-order valence-electron chi connectivity index (χ1n) is 38.1. The molecule has 4 aliphatic rings. The number of aliphatic hydroxyl groups is 2. The molecule has 4 aliphatic heterocycles. The number of aliphatic hydroxyl groups excluding tert-OH is 2. The van der Waals surface area contributed by atoms with Crippen molar-refractivity contribution in [2.24, 2.45) is 17.8 Å². The van der Waals surface area contributed by atoms with E-state index in [0.717, 1.165) is 6.42 Å². The molecule has 19 atom stereocenters. The lowest BCUT2D eigenvalue weighted by Crippen LogP contribution is -2.48. The van der Waals surface area contributed by atoms with E-state index in [-0.39, 0.29) is 110 Å². The quantitative estimate of drug-likeness (QED) is 0.0206. The van der Waals surface area contributed by atoms with E-state index >= 15 is 0 Å². The first-order valence-corrected chi connectivity index (χ1v) is 47.6. The van der Waals surface area contributed by atoms with Crippen LogP contribution in [0.15, 0.2) is 108 Å². The van der Waals surface area contributed by atoms with Crippen molar-refractivity contribution >= 4 is 125 Å². The van der Waals surface area contributed by atoms with Crippen LogP contribution in [0.4, 0.5) is 11.6 Å². The van der Waals surface area contributed by atoms with Crippen molar-refractivity contribution in [2.75, 3.05) is 50.4 Å². The number of hydrogen-bond acceptors (Lipinski definition) is 28. The molecule has 2 aromatic carbocycles. The Labute approximate surface area is 696 Å². The molecule has 640 valence electrons. The summed E-state index contributed by atoms with van der Waals surface area (Å²) in [6.07, 6.45) is 1.33. The minimum absolute atomic E-state index is 0. The van der Waals surface area contributed by atoms with Crippen molar-refractivity contribution in [3.8, 4) is 0 Å². The zero-order valence-corrected chi connectivity index (χ0v) is 73.4. The first-order chi connectivity index (χ1) is 55.7. The predicted molar refractivity (Wildman–Crippen MR) is 453 cm³/mol. The van der Waals surface area contributed by atoms with Gasteiger partial charge in [0.05, 0.1) is 63.5 Å². The molecular weight excluding hydrogens is 1630 g/mol. The second-order valence-electron chi connectivity index (χ2n) is 29.4. The lowest BCUT2D eigenvalue weighted by Gasteiger charge is -2.40. The topological polar surface area (TPSA) is 480 Å². The number of hydrogen-bond donors (Lipinski definition) is 8. The van der Waals surface area contributed by atoms with E-state index < -0.39 is 120 Å². The summed E-state index contributed by atoms with van der Waals surface area (Å²) in [4.78, 5) is 117. The third kappa shape index (κ3) is 21.7. The van der Waals surface area contributed by atoms with Gasteiger partial charge in [0.1, 0.15) is 61.6 Å². The van der Waals surface area contributed by atoms with E-state index in [0.29, 0.717) is 50.9 Å². The Morgan fingerprint density at radius 2 is 0.983 bits per heavy atom. The smallest absolute Gasteiger partial charge is 0.407 e. The van der Waals surface area contributed by atoms with Crippen molar-refractivity contribution in [3.63, 3.8) is 0 Å². The summed E-state index contributed by atoms with van der Waals surface area (Å²) < 4.78 is 90.8. The largest absolute Gasteiger partial charge is 0.695 e. The van der Waals surface area contributed by atoms with Crippen molar-refractivity contribution in [2.45, 2.75) is 202 Å². The molecule has 119 heavy (non-hydrogen) atoms. The van der Waals surface area contributed by atoms with Gasteiger partial charge in [-0.1, -0.05) is 120 Å². The number of amides is 2. The summed E-state index contributed by atoms with van der Waals surface area (Å²) in [7, 11) is -5.18. The Kier molecular flexibility index (Phi) is 33.8. The molecular formula is C74H106B2N18O20P4Si+2. The summed E-state index contributed by atoms with van der Waals surface area (Å²) in [6, 6.07) is 17.7. The SMILES string of the molecule is C.CC.CC.CC[C@H]1O[C@@H](n2cnc3c(NC(=O)c4ccccc4)ncnc32)C(O[Si](C)(C)C(C)(C)C)[C@H]1OP(C)C.Cc1nc2c(ncn2[C@@H]2O[C@H](CO)[C@H](C)C2O[P+](=O)O)c(=O)[nH]1.[B-][P+](C)(OC[C@H]1O[C@@H](n2cnc3c(=O)[nH]c(C)nc32)C(O[P+](=O)O)[C@H]1C)OC1[C@@H](CO)O[C@@H](n2cnc3c(NC(=O)c4ccccc4)ncnc32)[C@H]1C.[B]. The summed E-state index contributed by atoms with van der Waals surface area (Å²) in [5, 5.41) is 25.4. The lowest BCUT2D eigenvalue weighted by atomic mass is 10.0. The zero-order chi connectivity index (χ0) is 85.3. The number of rotatable bonds is 24. The molecule has 2 amide bonds. The van der Waals surface area contributed by atoms with Crippen LogP contribution in [-0.4, -0.2) is 229 Å². The van der Waals surface area contributed by atoms with Gasteiger partial charge in [-0.3, -0.25) is 46.5 Å². The van der Waals surface area contributed by atoms with Crippen LogP contribution in [0.5, 0.6) is 0 Å². The molecule has 12 heterocycles. The van der Waals surface area contributed by atoms with Gasteiger partial charge in [0.15, 0.2) is 95.5 Å². The number of carbonyl (C=O) groups is 2. The minimum atomic E-state index is -3.14. The number of aryl methyl sites for hydroxylation is 2. The highest BCUT2D eigenvalue weighted by molar-refractivity contribution is 7.89. The molecule has 4 saturated heterocycles. The van der Waals surface area contributed by atoms with Gasteiger partial charge in [0.25, 0.3) is 22.9 Å². The molecule has 7 unspecified atom stereocenters. The van der Waals surface area contributed by atoms with Crippen LogP contribution in [0.3, 0.4) is 0 Å². The molecule has 10 aromatic rings. The molecule has 8 N–H and O–H groups in total. The average Bonchev–Trinajstić information content (AvgIpc) is 1.62. The van der Waals surface area contributed by atoms with E-state index in [1.54, 1.807) is 81.7 Å². The molecule has 0 saturated carbocycles. The number of H-pyrrole nitrogens is 2. The molecule has 0 aliphatic carbocycles. The maximum Gasteiger partial charge on any atom is 0.695 e. The maximum absolute atomic E-state index is 12.8. The summed E-state index contributed by atoms with van der Waals surface area (Å²) in [6.45, 7) is 35.0. The van der Waals surface area contributed by atoms with Crippen LogP contribution in [-0.2, 0) is 55.1 Å². The number of carbonyl (C=O) groups excluding carboxylic acids is 2. The number of imidazole rings is 4. The fraction of sp³-hybridized carbons (Fsp3) is 0.541. The zero-order valence-electron chi connectivity index (χ0n) is 68.8. The van der Waals surface area contributed by atoms with E-state index in [9.17, 15) is 43.4 Å². The van der Waals surface area contributed by atoms with Gasteiger partial charge in [-0.2, -0.15) is 0 Å². The monoisotopic (exact) mass is 1740 g/mol. The second kappa shape index (κ2) is 41.7. The molecule has 38 nitrogen and oxygen atoms in total. The van der Waals surface area contributed by atoms with Gasteiger partial charge in [0.2, 0.25) is 0 Å². The third-order valence-corrected chi connectivity index (χ3v) is 27.7. The summed E-state index contributed by atoms with van der Waals surface area (Å²) in [5.74, 6) is -0.518. The van der Waals surface area contributed by atoms with E-state index in [2.05, 4.69) is 125 Å². The average molecular weight is 1740 g/mol. The van der Waals surface area contributed by atoms with E-state index in [1.165, 1.54) is 40.8 Å². The van der Waals surface area contributed by atoms with Gasteiger partial charge in [-0.15, -0.1) is 18.8 Å². The number of aromatic amines is 2. The van der Waals surface area contributed by atoms with Gasteiger partial charge in [-0.25, -0.2) is 57.4 Å². The van der Waals surface area contributed by atoms with Crippen LogP contribution in [0.25, 0.3) is 44.7 Å². The molecule has 4 fully saturated rings. The van der Waals surface area contributed by atoms with Crippen LogP contribution in [0, 0.1) is 31.6 Å². The third-order valence-electron chi connectivity index (χ3n) is 20.4. The molecule has 0 spiro atoms. The Bertz CT molecular complexity index is 5210. The normalized spacial score (nSPS) is 24.8. The molecule has 6 radical (unpaired) electrons. The van der Waals surface area contributed by atoms with Crippen molar-refractivity contribution in [1.82, 2.24) is 78.1 Å². The number of fused-ring (bicyclic) bond motifs is 4. The van der Waals surface area contributed by atoms with Crippen molar-refractivity contribution in [3.05, 3.63) is 142 Å². The number of anilines is 2. The fourth-order valence-electron chi connectivity index (χ4n) is 13.6. The molecule has 8 aromatic heterocycles. The lowest BCUT2D eigenvalue weighted by molar-refractivity contribution is -0.0479. The van der Waals surface area contributed by atoms with E-state index in [1.807, 2.05) is 63.5 Å². The highest BCUT2D eigenvalue weighted by atomic mass is 31.2. The number of nitrogens with zero attached hydrogens (tertiary/aromatic N) is 14. The minimum Gasteiger partial charge on any atom is -0.407 e. The highest BCUT2D eigenvalue weighted by Crippen LogP contribution is 2.58. The van der Waals surface area contributed by atoms with Crippen molar-refractivity contribution in [1.29, 1.82) is 0 Å².